The zero-order valence-electron chi connectivity index (χ0n) is 25.2. The first-order chi connectivity index (χ1) is 20.5. The smallest absolute Gasteiger partial charge is 0.264 e. The number of methoxy groups -OCH3 is 1. The number of amides is 3. The number of hydrogen-bond acceptors (Lipinski definition) is 6. The molecule has 3 fully saturated rings. The van der Waals surface area contributed by atoms with E-state index in [9.17, 15) is 19.5 Å². The molecule has 1 N–H and O–H groups in total. The van der Waals surface area contributed by atoms with Crippen LogP contribution in [0, 0.1) is 5.92 Å². The van der Waals surface area contributed by atoms with Gasteiger partial charge >= 0.3 is 0 Å². The molecule has 0 aromatic heterocycles. The Hall–Kier alpha value is -3.28. The Morgan fingerprint density at radius 2 is 1.91 bits per heavy atom. The van der Waals surface area contributed by atoms with Gasteiger partial charge in [-0.3, -0.25) is 14.4 Å². The Bertz CT molecular complexity index is 1430. The summed E-state index contributed by atoms with van der Waals surface area (Å²) in [4.78, 5) is 45.1. The van der Waals surface area contributed by atoms with Crippen molar-refractivity contribution in [2.45, 2.75) is 75.5 Å². The van der Waals surface area contributed by atoms with Crippen LogP contribution in [0.3, 0.4) is 0 Å². The van der Waals surface area contributed by atoms with Gasteiger partial charge in [-0.1, -0.05) is 19.1 Å². The molecule has 5 atom stereocenters. The largest absolute Gasteiger partial charge is 0.497 e. The van der Waals surface area contributed by atoms with Gasteiger partial charge in [0.2, 0.25) is 20.2 Å². The molecule has 2 aromatic carbocycles. The fraction of sp³-hybridized carbons (Fsp3) is 0.531. The summed E-state index contributed by atoms with van der Waals surface area (Å²) < 4.78 is 28.5. The number of nitrogens with zero attached hydrogens (tertiary/aromatic N) is 3. The third-order valence-electron chi connectivity index (χ3n) is 9.89. The van der Waals surface area contributed by atoms with E-state index in [2.05, 4.69) is 0 Å². The monoisotopic (exact) mass is 609 g/mol. The van der Waals surface area contributed by atoms with E-state index >= 15 is 4.11 Å². The van der Waals surface area contributed by atoms with E-state index in [1.54, 1.807) is 47.0 Å². The van der Waals surface area contributed by atoms with Gasteiger partial charge in [-0.25, -0.2) is 0 Å². The summed E-state index contributed by atoms with van der Waals surface area (Å²) in [7, 11) is -1.89. The minimum absolute atomic E-state index is 0.0448. The molecule has 1 spiro atoms. The number of rotatable bonds is 8. The van der Waals surface area contributed by atoms with Crippen LogP contribution in [-0.4, -0.2) is 75.1 Å². The highest BCUT2D eigenvalue weighted by Crippen LogP contribution is 2.60. The Morgan fingerprint density at radius 3 is 2.51 bits per heavy atom. The number of carbonyl (C=O) groups is 3. The number of fused-ring (bicyclic) bond motifs is 2. The number of carbonyl (C=O) groups excluding carboxylic acids is 3. The Morgan fingerprint density at radius 1 is 1.16 bits per heavy atom. The summed E-state index contributed by atoms with van der Waals surface area (Å²) in [6.45, 7) is 6.52. The first-order valence-electron chi connectivity index (χ1n) is 15.2. The van der Waals surface area contributed by atoms with Crippen molar-refractivity contribution >= 4 is 37.5 Å². The van der Waals surface area contributed by atoms with Gasteiger partial charge in [0, 0.05) is 42.2 Å². The molecule has 4 aliphatic heterocycles. The van der Waals surface area contributed by atoms with Gasteiger partial charge in [-0.2, -0.15) is 0 Å². The summed E-state index contributed by atoms with van der Waals surface area (Å²) in [6.07, 6.45) is 1.26. The minimum Gasteiger partial charge on any atom is -0.497 e. The van der Waals surface area contributed by atoms with Crippen molar-refractivity contribution in [2.75, 3.05) is 36.6 Å². The zero-order valence-corrected chi connectivity index (χ0v) is 26.2. The summed E-state index contributed by atoms with van der Waals surface area (Å²) in [5.74, 6) is -0.339. The van der Waals surface area contributed by atoms with Crippen LogP contribution in [0.1, 0.15) is 43.7 Å². The molecule has 0 saturated carbocycles. The number of β-lactam (4-membered cyclic amide) rings is 1. The first kappa shape index (κ1) is 29.8. The van der Waals surface area contributed by atoms with E-state index in [1.807, 2.05) is 37.3 Å². The molecule has 0 bridgehead atoms. The van der Waals surface area contributed by atoms with E-state index in [0.29, 0.717) is 36.5 Å². The lowest BCUT2D eigenvalue weighted by Crippen LogP contribution is -2.45. The Balaban J connectivity index is 1.35. The normalized spacial score (nSPS) is 28.6. The molecule has 0 unspecified atom stereocenters. The number of ether oxygens (including phenoxy) is 2. The van der Waals surface area contributed by atoms with E-state index in [4.69, 9.17) is 9.47 Å². The van der Waals surface area contributed by atoms with Crippen LogP contribution >= 0.6 is 0 Å². The zero-order chi connectivity index (χ0) is 30.7. The maximum atomic E-state index is 16.2. The Labute approximate surface area is 252 Å². The SMILES string of the molecule is COc1ccc2c(c1)[C@@]1(O[C@H](CC(=O)N3CCC[C@H]3CO)[C@@H]([Si](C)(C)F)[C@@H]1C)C(=O)N2Cc1ccc(N2CCC2=O)cc1. The molecule has 6 rings (SSSR count). The van der Waals surface area contributed by atoms with Crippen LogP contribution in [0.15, 0.2) is 42.5 Å². The van der Waals surface area contributed by atoms with E-state index in [-0.39, 0.29) is 43.3 Å². The number of likely N-dealkylation sites (tertiary alicyclic amines) is 1. The van der Waals surface area contributed by atoms with Crippen molar-refractivity contribution in [1.29, 1.82) is 0 Å². The third-order valence-corrected chi connectivity index (χ3v) is 12.3. The molecule has 4 heterocycles. The second-order valence-electron chi connectivity index (χ2n) is 12.8. The number of halogens is 1. The molecule has 3 saturated heterocycles. The van der Waals surface area contributed by atoms with E-state index < -0.39 is 31.6 Å². The van der Waals surface area contributed by atoms with Crippen molar-refractivity contribution in [1.82, 2.24) is 4.90 Å². The molecule has 3 amide bonds. The van der Waals surface area contributed by atoms with Crippen LogP contribution < -0.4 is 14.5 Å². The standard InChI is InChI=1S/C32H40FN3O6Si/c1-20-30(43(3,4)33)27(17-29(39)34-14-5-6-23(34)19-37)42-32(20)25-16-24(41-2)11-12-26(25)36(31(32)40)18-21-7-9-22(10-8-21)35-15-13-28(35)38/h7-12,16,20,23,27,30,37H,5-6,13-15,17-19H2,1-4H3/t20-,23-,27+,30-,32+/m0/s1. The molecular weight excluding hydrogens is 569 g/mol. The number of aliphatic hydroxyl groups is 1. The number of benzene rings is 2. The lowest BCUT2D eigenvalue weighted by Gasteiger charge is -2.31. The van der Waals surface area contributed by atoms with Crippen molar-refractivity contribution in [3.63, 3.8) is 0 Å². The lowest BCUT2D eigenvalue weighted by atomic mass is 9.82. The van der Waals surface area contributed by atoms with Crippen molar-refractivity contribution in [3.05, 3.63) is 53.6 Å². The van der Waals surface area contributed by atoms with Gasteiger partial charge in [0.1, 0.15) is 5.75 Å². The second kappa shape index (κ2) is 11.0. The van der Waals surface area contributed by atoms with Crippen molar-refractivity contribution < 1.29 is 33.1 Å². The maximum absolute atomic E-state index is 16.2. The summed E-state index contributed by atoms with van der Waals surface area (Å²) in [5.41, 5.74) is 0.920. The van der Waals surface area contributed by atoms with Crippen molar-refractivity contribution in [3.8, 4) is 5.75 Å². The average molecular weight is 610 g/mol. The number of aliphatic hydroxyl groups excluding tert-OH is 1. The minimum atomic E-state index is -3.44. The Kier molecular flexibility index (Phi) is 7.63. The van der Waals surface area contributed by atoms with Gasteiger partial charge in [0.05, 0.1) is 44.5 Å². The van der Waals surface area contributed by atoms with Crippen LogP contribution in [0.4, 0.5) is 15.5 Å². The number of hydrogen-bond donors (Lipinski definition) is 1. The summed E-state index contributed by atoms with van der Waals surface area (Å²) >= 11 is 0. The van der Waals surface area contributed by atoms with Gasteiger partial charge in [0.15, 0.2) is 5.60 Å². The van der Waals surface area contributed by atoms with Gasteiger partial charge in [-0.05, 0) is 61.8 Å². The van der Waals surface area contributed by atoms with E-state index in [0.717, 1.165) is 24.1 Å². The number of anilines is 2. The molecule has 230 valence electrons. The highest BCUT2D eigenvalue weighted by Gasteiger charge is 2.67. The van der Waals surface area contributed by atoms with Gasteiger partial charge in [-0.15, -0.1) is 0 Å². The van der Waals surface area contributed by atoms with Crippen molar-refractivity contribution in [2.24, 2.45) is 5.92 Å². The molecule has 43 heavy (non-hydrogen) atoms. The molecule has 11 heteroatoms. The predicted octanol–water partition coefficient (Wildman–Crippen LogP) is 4.13. The highest BCUT2D eigenvalue weighted by atomic mass is 28.4. The molecular formula is C32H40FN3O6Si. The quantitative estimate of drug-likeness (QED) is 0.275. The predicted molar refractivity (Wildman–Crippen MR) is 162 cm³/mol. The molecule has 4 aliphatic rings. The first-order valence-corrected chi connectivity index (χ1v) is 18.1. The fourth-order valence-corrected chi connectivity index (χ4v) is 10.2. The maximum Gasteiger partial charge on any atom is 0.264 e. The van der Waals surface area contributed by atoms with Crippen LogP contribution in [0.2, 0.25) is 18.6 Å². The highest BCUT2D eigenvalue weighted by molar-refractivity contribution is 6.72. The van der Waals surface area contributed by atoms with Crippen LogP contribution in [-0.2, 0) is 31.3 Å². The van der Waals surface area contributed by atoms with Crippen LogP contribution in [0.25, 0.3) is 0 Å². The second-order valence-corrected chi connectivity index (χ2v) is 16.6. The molecule has 2 aromatic rings. The summed E-state index contributed by atoms with van der Waals surface area (Å²) in [5, 5.41) is 9.79. The fourth-order valence-electron chi connectivity index (χ4n) is 7.71. The molecule has 0 radical (unpaired) electrons. The lowest BCUT2D eigenvalue weighted by molar-refractivity contribution is -0.150. The average Bonchev–Trinajstić information content (AvgIpc) is 3.63. The van der Waals surface area contributed by atoms with E-state index in [1.165, 1.54) is 0 Å². The third kappa shape index (κ3) is 4.85. The molecule has 0 aliphatic carbocycles. The van der Waals surface area contributed by atoms with Gasteiger partial charge < -0.3 is 33.4 Å². The van der Waals surface area contributed by atoms with Gasteiger partial charge in [0.25, 0.3) is 5.91 Å². The summed E-state index contributed by atoms with van der Waals surface area (Å²) in [6, 6.07) is 12.8. The topological polar surface area (TPSA) is 99.6 Å². The van der Waals surface area contributed by atoms with Crippen LogP contribution in [0.5, 0.6) is 5.75 Å². The molecule has 9 nitrogen and oxygen atoms in total.